The molecule has 2 fully saturated rings. The van der Waals surface area contributed by atoms with E-state index >= 15 is 0 Å². The van der Waals surface area contributed by atoms with Crippen LogP contribution in [0.5, 0.6) is 0 Å². The van der Waals surface area contributed by atoms with Gasteiger partial charge in [0.15, 0.2) is 6.17 Å². The monoisotopic (exact) mass is 469 g/mol. The number of benzene rings is 1. The number of rotatable bonds is 7. The predicted octanol–water partition coefficient (Wildman–Crippen LogP) is 1.41. The molecule has 2 amide bonds. The van der Waals surface area contributed by atoms with Crippen LogP contribution >= 0.6 is 0 Å². The van der Waals surface area contributed by atoms with Crippen LogP contribution in [0.25, 0.3) is 0 Å². The van der Waals surface area contributed by atoms with Crippen LogP contribution in [0.4, 0.5) is 4.39 Å². The lowest BCUT2D eigenvalue weighted by Crippen LogP contribution is -2.56. The maximum absolute atomic E-state index is 13.6. The number of carbonyl (C=O) groups is 3. The number of amides is 2. The molecular weight excluding hydrogens is 441 g/mol. The molecule has 11 heteroatoms. The van der Waals surface area contributed by atoms with E-state index in [4.69, 9.17) is 0 Å². The summed E-state index contributed by atoms with van der Waals surface area (Å²) < 4.78 is 39.2. The number of nitrogens with zero attached hydrogens (tertiary/aromatic N) is 2. The number of aliphatic carboxylic acids is 1. The van der Waals surface area contributed by atoms with Crippen LogP contribution in [-0.2, 0) is 19.6 Å². The van der Waals surface area contributed by atoms with Crippen molar-refractivity contribution in [2.45, 2.75) is 50.7 Å². The number of hydrogen-bond donors (Lipinski definition) is 2. The Bertz CT molecular complexity index is 980. The highest BCUT2D eigenvalue weighted by Crippen LogP contribution is 2.29. The molecule has 1 aliphatic heterocycles. The molecule has 2 unspecified atom stereocenters. The fraction of sp³-hybridized carbons (Fsp3) is 0.571. The molecule has 1 saturated carbocycles. The van der Waals surface area contributed by atoms with Crippen molar-refractivity contribution in [2.24, 2.45) is 5.92 Å². The van der Waals surface area contributed by atoms with Gasteiger partial charge in [-0.25, -0.2) is 12.8 Å². The second-order valence-corrected chi connectivity index (χ2v) is 10.3. The first-order valence-electron chi connectivity index (χ1n) is 10.6. The molecule has 1 aliphatic carbocycles. The average molecular weight is 470 g/mol. The van der Waals surface area contributed by atoms with E-state index in [0.29, 0.717) is 0 Å². The first kappa shape index (κ1) is 24.1. The maximum Gasteiger partial charge on any atom is 0.305 e. The Balaban J connectivity index is 1.88. The minimum atomic E-state index is -3.85. The fourth-order valence-corrected chi connectivity index (χ4v) is 5.53. The minimum absolute atomic E-state index is 0.00693. The average Bonchev–Trinajstić information content (AvgIpc) is 3.19. The SMILES string of the molecule is CS(=O)(=O)N1CCN(C(=O)c2cccc(F)c2)C1C(=O)NC(CC(=O)O)C1CCCCC1. The van der Waals surface area contributed by atoms with Gasteiger partial charge in [-0.3, -0.25) is 14.4 Å². The van der Waals surface area contributed by atoms with Crippen molar-refractivity contribution in [1.29, 1.82) is 0 Å². The number of hydrogen-bond acceptors (Lipinski definition) is 5. The molecule has 0 bridgehead atoms. The Labute approximate surface area is 186 Å². The van der Waals surface area contributed by atoms with Gasteiger partial charge in [-0.05, 0) is 37.0 Å². The van der Waals surface area contributed by atoms with Crippen molar-refractivity contribution >= 4 is 27.8 Å². The van der Waals surface area contributed by atoms with Crippen molar-refractivity contribution in [2.75, 3.05) is 19.3 Å². The van der Waals surface area contributed by atoms with Crippen LogP contribution in [0.2, 0.25) is 0 Å². The third kappa shape index (κ3) is 5.63. The summed E-state index contributed by atoms with van der Waals surface area (Å²) in [6, 6.07) is 4.27. The van der Waals surface area contributed by atoms with E-state index in [1.165, 1.54) is 18.2 Å². The van der Waals surface area contributed by atoms with Gasteiger partial charge in [-0.1, -0.05) is 25.3 Å². The molecule has 32 heavy (non-hydrogen) atoms. The summed E-state index contributed by atoms with van der Waals surface area (Å²) in [5, 5.41) is 12.0. The van der Waals surface area contributed by atoms with Gasteiger partial charge in [0.1, 0.15) is 5.82 Å². The summed E-state index contributed by atoms with van der Waals surface area (Å²) in [6.45, 7) is -0.140. The first-order valence-corrected chi connectivity index (χ1v) is 12.5. The number of carboxylic acids is 1. The molecular formula is C21H28FN3O6S. The zero-order valence-corrected chi connectivity index (χ0v) is 18.7. The molecule has 1 aromatic rings. The summed E-state index contributed by atoms with van der Waals surface area (Å²) in [6.07, 6.45) is 3.62. The second-order valence-electron chi connectivity index (χ2n) is 8.37. The first-order chi connectivity index (χ1) is 15.1. The zero-order valence-electron chi connectivity index (χ0n) is 17.9. The normalized spacial score (nSPS) is 21.3. The van der Waals surface area contributed by atoms with Crippen molar-refractivity contribution in [3.8, 4) is 0 Å². The van der Waals surface area contributed by atoms with Crippen LogP contribution in [0.1, 0.15) is 48.9 Å². The Hall–Kier alpha value is -2.53. The van der Waals surface area contributed by atoms with E-state index in [2.05, 4.69) is 5.32 Å². The van der Waals surface area contributed by atoms with Crippen LogP contribution < -0.4 is 5.32 Å². The summed E-state index contributed by atoms with van der Waals surface area (Å²) in [7, 11) is -3.85. The van der Waals surface area contributed by atoms with Crippen LogP contribution in [0.15, 0.2) is 24.3 Å². The number of halogens is 1. The third-order valence-electron chi connectivity index (χ3n) is 6.06. The van der Waals surface area contributed by atoms with E-state index in [9.17, 15) is 32.3 Å². The largest absolute Gasteiger partial charge is 0.481 e. The molecule has 1 heterocycles. The standard InChI is InChI=1S/C21H28FN3O6S/c1-32(30,31)25-11-10-24(21(29)15-8-5-9-16(22)12-15)20(25)19(28)23-17(13-18(26)27)14-6-3-2-4-7-14/h5,8-9,12,14,17,20H,2-4,6-7,10-11,13H2,1H3,(H,23,28)(H,26,27). The van der Waals surface area contributed by atoms with E-state index < -0.39 is 45.8 Å². The number of carboxylic acid groups (broad SMARTS) is 1. The van der Waals surface area contributed by atoms with Crippen molar-refractivity contribution in [1.82, 2.24) is 14.5 Å². The van der Waals surface area contributed by atoms with Gasteiger partial charge in [0.05, 0.1) is 12.7 Å². The van der Waals surface area contributed by atoms with Crippen molar-refractivity contribution in [3.05, 3.63) is 35.6 Å². The van der Waals surface area contributed by atoms with Gasteiger partial charge in [0, 0.05) is 24.7 Å². The molecule has 2 atom stereocenters. The van der Waals surface area contributed by atoms with Gasteiger partial charge in [-0.2, -0.15) is 4.31 Å². The maximum atomic E-state index is 13.6. The summed E-state index contributed by atoms with van der Waals surface area (Å²) in [4.78, 5) is 38.8. The Morgan fingerprint density at radius 1 is 1.19 bits per heavy atom. The lowest BCUT2D eigenvalue weighted by Gasteiger charge is -2.33. The smallest absolute Gasteiger partial charge is 0.305 e. The highest BCUT2D eigenvalue weighted by atomic mass is 32.2. The predicted molar refractivity (Wildman–Crippen MR) is 114 cm³/mol. The van der Waals surface area contributed by atoms with E-state index in [1.54, 1.807) is 0 Å². The van der Waals surface area contributed by atoms with Crippen LogP contribution in [0, 0.1) is 11.7 Å². The summed E-state index contributed by atoms with van der Waals surface area (Å²) in [5.74, 6) is -3.17. The van der Waals surface area contributed by atoms with Gasteiger partial charge < -0.3 is 15.3 Å². The van der Waals surface area contributed by atoms with Crippen molar-refractivity contribution in [3.63, 3.8) is 0 Å². The van der Waals surface area contributed by atoms with Crippen LogP contribution in [0.3, 0.4) is 0 Å². The Kier molecular flexibility index (Phi) is 7.50. The highest BCUT2D eigenvalue weighted by Gasteiger charge is 2.45. The molecule has 1 aromatic carbocycles. The molecule has 3 rings (SSSR count). The molecule has 0 radical (unpaired) electrons. The summed E-state index contributed by atoms with van der Waals surface area (Å²) in [5.41, 5.74) is -0.00693. The zero-order chi connectivity index (χ0) is 23.5. The number of carbonyl (C=O) groups excluding carboxylic acids is 2. The molecule has 1 saturated heterocycles. The number of sulfonamides is 1. The quantitative estimate of drug-likeness (QED) is 0.622. The molecule has 0 spiro atoms. The van der Waals surface area contributed by atoms with Gasteiger partial charge >= 0.3 is 5.97 Å². The van der Waals surface area contributed by atoms with Gasteiger partial charge in [-0.15, -0.1) is 0 Å². The van der Waals surface area contributed by atoms with Gasteiger partial charge in [0.25, 0.3) is 11.8 Å². The minimum Gasteiger partial charge on any atom is -0.481 e. The lowest BCUT2D eigenvalue weighted by atomic mass is 9.82. The topological polar surface area (TPSA) is 124 Å². The second kappa shape index (κ2) is 9.95. The Morgan fingerprint density at radius 3 is 2.47 bits per heavy atom. The molecule has 9 nitrogen and oxygen atoms in total. The van der Waals surface area contributed by atoms with E-state index in [0.717, 1.165) is 53.6 Å². The molecule has 0 aromatic heterocycles. The van der Waals surface area contributed by atoms with E-state index in [-0.39, 0.29) is 31.0 Å². The number of nitrogens with one attached hydrogen (secondary N) is 1. The molecule has 2 aliphatic rings. The fourth-order valence-electron chi connectivity index (χ4n) is 4.54. The van der Waals surface area contributed by atoms with Gasteiger partial charge in [0.2, 0.25) is 10.0 Å². The third-order valence-corrected chi connectivity index (χ3v) is 7.30. The lowest BCUT2D eigenvalue weighted by molar-refractivity contribution is -0.138. The van der Waals surface area contributed by atoms with Crippen LogP contribution in [-0.4, -0.2) is 72.1 Å². The van der Waals surface area contributed by atoms with E-state index in [1.807, 2.05) is 0 Å². The summed E-state index contributed by atoms with van der Waals surface area (Å²) >= 11 is 0. The van der Waals surface area contributed by atoms with Crippen molar-refractivity contribution < 1.29 is 32.3 Å². The Morgan fingerprint density at radius 2 is 1.88 bits per heavy atom. The highest BCUT2D eigenvalue weighted by molar-refractivity contribution is 7.88. The molecule has 2 N–H and O–H groups in total. The molecule has 176 valence electrons.